The third-order valence-corrected chi connectivity index (χ3v) is 3.71. The Morgan fingerprint density at radius 3 is 2.15 bits per heavy atom. The number of imide groups is 1. The molecule has 0 heterocycles. The van der Waals surface area contributed by atoms with Crippen molar-refractivity contribution in [1.82, 2.24) is 20.4 Å². The molecule has 6 nitrogen and oxygen atoms in total. The lowest BCUT2D eigenvalue weighted by Gasteiger charge is -2.29. The van der Waals surface area contributed by atoms with Gasteiger partial charge in [-0.3, -0.25) is 19.8 Å². The van der Waals surface area contributed by atoms with Gasteiger partial charge in [-0.15, -0.1) is 0 Å². The lowest BCUT2D eigenvalue weighted by molar-refractivity contribution is -0.132. The second kappa shape index (κ2) is 9.85. The number of rotatable bonds is 9. The number of hydrogen-bond donors (Lipinski definition) is 2. The zero-order valence-electron chi connectivity index (χ0n) is 13.7. The molecule has 118 valence electrons. The predicted molar refractivity (Wildman–Crippen MR) is 81.6 cm³/mol. The number of hydrogen-bond acceptors (Lipinski definition) is 5. The van der Waals surface area contributed by atoms with Crippen LogP contribution in [0.3, 0.4) is 0 Å². The first kappa shape index (κ1) is 19.0. The quantitative estimate of drug-likeness (QED) is 0.620. The van der Waals surface area contributed by atoms with Crippen molar-refractivity contribution < 1.29 is 9.59 Å². The zero-order chi connectivity index (χ0) is 15.7. The van der Waals surface area contributed by atoms with Crippen molar-refractivity contribution in [3.8, 4) is 0 Å². The number of likely N-dealkylation sites (N-methyl/N-ethyl adjacent to an activating group) is 2. The Morgan fingerprint density at radius 1 is 1.10 bits per heavy atom. The monoisotopic (exact) mass is 286 g/mol. The third-order valence-electron chi connectivity index (χ3n) is 3.71. The first-order chi connectivity index (χ1) is 9.29. The molecule has 2 amide bonds. The van der Waals surface area contributed by atoms with Gasteiger partial charge in [0.2, 0.25) is 11.8 Å². The summed E-state index contributed by atoms with van der Waals surface area (Å²) in [6.45, 7) is 8.03. The molecule has 2 N–H and O–H groups in total. The molecule has 0 bridgehead atoms. The van der Waals surface area contributed by atoms with Crippen LogP contribution in [0.5, 0.6) is 0 Å². The molecule has 2 unspecified atom stereocenters. The van der Waals surface area contributed by atoms with Crippen molar-refractivity contribution in [2.24, 2.45) is 0 Å². The predicted octanol–water partition coefficient (Wildman–Crippen LogP) is -0.101. The summed E-state index contributed by atoms with van der Waals surface area (Å²) in [5, 5.41) is 5.47. The minimum atomic E-state index is -0.312. The lowest BCUT2D eigenvalue weighted by Crippen LogP contribution is -2.47. The lowest BCUT2D eigenvalue weighted by atomic mass is 10.2. The van der Waals surface area contributed by atoms with Gasteiger partial charge in [-0.1, -0.05) is 0 Å². The Bertz CT molecular complexity index is 310. The highest BCUT2D eigenvalue weighted by Gasteiger charge is 2.19. The second-order valence-electron chi connectivity index (χ2n) is 5.42. The van der Waals surface area contributed by atoms with Crippen LogP contribution in [-0.2, 0) is 9.59 Å². The molecule has 0 aromatic carbocycles. The number of nitrogens with zero attached hydrogens (tertiary/aromatic N) is 2. The summed E-state index contributed by atoms with van der Waals surface area (Å²) in [6, 6.07) is 0.192. The van der Waals surface area contributed by atoms with Crippen molar-refractivity contribution >= 4 is 11.8 Å². The highest BCUT2D eigenvalue weighted by atomic mass is 16.2. The van der Waals surface area contributed by atoms with Crippen molar-refractivity contribution in [2.75, 3.05) is 40.8 Å². The SMILES string of the molecule is CNCCC(C)N(C)CCN(C)C(C)C(=O)NC(C)=O. The van der Waals surface area contributed by atoms with Gasteiger partial charge in [-0.25, -0.2) is 0 Å². The van der Waals surface area contributed by atoms with Gasteiger partial charge in [0.05, 0.1) is 6.04 Å². The van der Waals surface area contributed by atoms with Crippen molar-refractivity contribution in [3.05, 3.63) is 0 Å². The molecule has 6 heteroatoms. The molecule has 0 rings (SSSR count). The third kappa shape index (κ3) is 7.57. The fourth-order valence-corrected chi connectivity index (χ4v) is 1.78. The Morgan fingerprint density at radius 2 is 1.65 bits per heavy atom. The Balaban J connectivity index is 4.10. The molecular formula is C14H30N4O2. The van der Waals surface area contributed by atoms with E-state index in [1.807, 2.05) is 25.9 Å². The molecule has 0 aliphatic rings. The molecule has 0 aliphatic heterocycles. The fourth-order valence-electron chi connectivity index (χ4n) is 1.78. The van der Waals surface area contributed by atoms with Crippen LogP contribution in [0.4, 0.5) is 0 Å². The zero-order valence-corrected chi connectivity index (χ0v) is 13.7. The summed E-state index contributed by atoms with van der Waals surface area (Å²) in [6.07, 6.45) is 1.09. The summed E-state index contributed by atoms with van der Waals surface area (Å²) in [7, 11) is 5.95. The van der Waals surface area contributed by atoms with E-state index >= 15 is 0 Å². The molecule has 0 saturated carbocycles. The van der Waals surface area contributed by atoms with Crippen molar-refractivity contribution in [3.63, 3.8) is 0 Å². The molecule has 0 fully saturated rings. The molecule has 0 aromatic heterocycles. The number of carbonyl (C=O) groups is 2. The largest absolute Gasteiger partial charge is 0.320 e. The van der Waals surface area contributed by atoms with Crippen LogP contribution in [0.15, 0.2) is 0 Å². The van der Waals surface area contributed by atoms with E-state index in [1.165, 1.54) is 6.92 Å². The maximum Gasteiger partial charge on any atom is 0.243 e. The van der Waals surface area contributed by atoms with E-state index in [0.29, 0.717) is 6.04 Å². The van der Waals surface area contributed by atoms with Crippen LogP contribution in [0, 0.1) is 0 Å². The average molecular weight is 286 g/mol. The van der Waals surface area contributed by atoms with Crippen LogP contribution in [0.25, 0.3) is 0 Å². The van der Waals surface area contributed by atoms with Crippen LogP contribution >= 0.6 is 0 Å². The summed E-state index contributed by atoms with van der Waals surface area (Å²) < 4.78 is 0. The molecule has 0 aromatic rings. The molecule has 0 aliphatic carbocycles. The van der Waals surface area contributed by atoms with Gasteiger partial charge in [-0.05, 0) is 48.0 Å². The summed E-state index contributed by atoms with van der Waals surface area (Å²) in [5.41, 5.74) is 0. The Kier molecular flexibility index (Phi) is 9.37. The molecule has 0 radical (unpaired) electrons. The van der Waals surface area contributed by atoms with Crippen molar-refractivity contribution in [2.45, 2.75) is 39.3 Å². The second-order valence-corrected chi connectivity index (χ2v) is 5.42. The van der Waals surface area contributed by atoms with Gasteiger partial charge in [0.1, 0.15) is 0 Å². The maximum absolute atomic E-state index is 11.7. The first-order valence-electron chi connectivity index (χ1n) is 7.16. The highest BCUT2D eigenvalue weighted by Crippen LogP contribution is 2.02. The normalized spacial score (nSPS) is 14.4. The van der Waals surface area contributed by atoms with Crippen LogP contribution in [-0.4, -0.2) is 74.5 Å². The number of amides is 2. The summed E-state index contributed by atoms with van der Waals surface area (Å²) >= 11 is 0. The van der Waals surface area contributed by atoms with Crippen LogP contribution in [0.2, 0.25) is 0 Å². The minimum absolute atomic E-state index is 0.245. The first-order valence-corrected chi connectivity index (χ1v) is 7.16. The van der Waals surface area contributed by atoms with Gasteiger partial charge < -0.3 is 10.2 Å². The van der Waals surface area contributed by atoms with E-state index in [9.17, 15) is 9.59 Å². The summed E-state index contributed by atoms with van der Waals surface area (Å²) in [4.78, 5) is 26.8. The van der Waals surface area contributed by atoms with E-state index in [0.717, 1.165) is 26.1 Å². The van der Waals surface area contributed by atoms with E-state index in [2.05, 4.69) is 29.5 Å². The number of carbonyl (C=O) groups excluding carboxylic acids is 2. The standard InChI is InChI=1S/C14H30N4O2/c1-11(7-8-15-4)17(5)9-10-18(6)12(2)14(20)16-13(3)19/h11-12,15H,7-10H2,1-6H3,(H,16,19,20). The van der Waals surface area contributed by atoms with E-state index in [1.54, 1.807) is 0 Å². The minimum Gasteiger partial charge on any atom is -0.320 e. The van der Waals surface area contributed by atoms with Crippen LogP contribution < -0.4 is 10.6 Å². The van der Waals surface area contributed by atoms with E-state index in [4.69, 9.17) is 0 Å². The fraction of sp³-hybridized carbons (Fsp3) is 0.857. The maximum atomic E-state index is 11.7. The topological polar surface area (TPSA) is 64.7 Å². The molecule has 2 atom stereocenters. The van der Waals surface area contributed by atoms with Gasteiger partial charge in [-0.2, -0.15) is 0 Å². The number of nitrogens with one attached hydrogen (secondary N) is 2. The highest BCUT2D eigenvalue weighted by molar-refractivity contribution is 5.96. The Hall–Kier alpha value is -0.980. The van der Waals surface area contributed by atoms with E-state index in [-0.39, 0.29) is 17.9 Å². The van der Waals surface area contributed by atoms with Gasteiger partial charge in [0.25, 0.3) is 0 Å². The molecule has 0 spiro atoms. The van der Waals surface area contributed by atoms with Gasteiger partial charge in [0.15, 0.2) is 0 Å². The molecule has 0 saturated heterocycles. The molecular weight excluding hydrogens is 256 g/mol. The van der Waals surface area contributed by atoms with E-state index < -0.39 is 0 Å². The van der Waals surface area contributed by atoms with Crippen molar-refractivity contribution in [1.29, 1.82) is 0 Å². The van der Waals surface area contributed by atoms with Gasteiger partial charge >= 0.3 is 0 Å². The summed E-state index contributed by atoms with van der Waals surface area (Å²) in [5.74, 6) is -0.557. The average Bonchev–Trinajstić information content (AvgIpc) is 2.39. The smallest absolute Gasteiger partial charge is 0.243 e. The Labute approximate surface area is 122 Å². The molecule has 20 heavy (non-hydrogen) atoms. The van der Waals surface area contributed by atoms with Crippen LogP contribution in [0.1, 0.15) is 27.2 Å². The van der Waals surface area contributed by atoms with Gasteiger partial charge in [0, 0.05) is 26.1 Å².